The Kier molecular flexibility index (Phi) is 1.75. The minimum atomic E-state index is -0.178. The molecule has 2 aliphatic rings. The van der Waals surface area contributed by atoms with Crippen LogP contribution in [0.15, 0.2) is 0 Å². The molecule has 0 bridgehead atoms. The minimum Gasteiger partial charge on any atom is -0.458 e. The maximum absolute atomic E-state index is 10.7. The highest BCUT2D eigenvalue weighted by Gasteiger charge is 2.36. The fraction of sp³-hybridized carbons (Fsp3) is 0.750. The van der Waals surface area contributed by atoms with E-state index in [9.17, 15) is 9.59 Å². The number of carbonyl (C=O) groups excluding carboxylic acids is 2. The van der Waals surface area contributed by atoms with Crippen LogP contribution >= 0.6 is 0 Å². The zero-order valence-corrected chi connectivity index (χ0v) is 6.62. The Morgan fingerprint density at radius 1 is 0.917 bits per heavy atom. The van der Waals surface area contributed by atoms with E-state index in [-0.39, 0.29) is 24.1 Å². The van der Waals surface area contributed by atoms with Gasteiger partial charge in [-0.2, -0.15) is 0 Å². The molecule has 2 aliphatic heterocycles. The van der Waals surface area contributed by atoms with E-state index in [0.29, 0.717) is 25.7 Å². The summed E-state index contributed by atoms with van der Waals surface area (Å²) in [5.74, 6) is -0.356. The maximum atomic E-state index is 10.7. The predicted octanol–water partition coefficient (Wildman–Crippen LogP) is 0.398. The summed E-state index contributed by atoms with van der Waals surface area (Å²) in [6, 6.07) is 0. The van der Waals surface area contributed by atoms with Crippen LogP contribution in [-0.4, -0.2) is 24.1 Å². The van der Waals surface area contributed by atoms with Gasteiger partial charge >= 0.3 is 11.9 Å². The molecule has 0 unspecified atom stereocenters. The van der Waals surface area contributed by atoms with Crippen LogP contribution in [0.25, 0.3) is 0 Å². The van der Waals surface area contributed by atoms with E-state index < -0.39 is 0 Å². The fourth-order valence-corrected chi connectivity index (χ4v) is 1.62. The second-order valence-corrected chi connectivity index (χ2v) is 3.13. The summed E-state index contributed by atoms with van der Waals surface area (Å²) in [4.78, 5) is 21.5. The molecule has 12 heavy (non-hydrogen) atoms. The first kappa shape index (κ1) is 7.58. The van der Waals surface area contributed by atoms with E-state index in [1.807, 2.05) is 0 Å². The standard InChI is InChI=1S/C8H10O4/c9-7-3-1-5(11-7)6-2-4-8(10)12-6/h5-6H,1-4H2/t5-,6-/m1/s1. The van der Waals surface area contributed by atoms with Gasteiger partial charge in [0.1, 0.15) is 12.2 Å². The second-order valence-electron chi connectivity index (χ2n) is 3.13. The van der Waals surface area contributed by atoms with Gasteiger partial charge in [-0.3, -0.25) is 9.59 Å². The lowest BCUT2D eigenvalue weighted by atomic mass is 10.1. The van der Waals surface area contributed by atoms with Crippen LogP contribution in [0.3, 0.4) is 0 Å². The van der Waals surface area contributed by atoms with Crippen LogP contribution in [0.2, 0.25) is 0 Å². The van der Waals surface area contributed by atoms with E-state index in [1.54, 1.807) is 0 Å². The smallest absolute Gasteiger partial charge is 0.306 e. The Balaban J connectivity index is 1.93. The Morgan fingerprint density at radius 3 is 1.58 bits per heavy atom. The van der Waals surface area contributed by atoms with Crippen molar-refractivity contribution in [1.29, 1.82) is 0 Å². The third-order valence-electron chi connectivity index (χ3n) is 2.25. The molecule has 2 heterocycles. The number of hydrogen-bond donors (Lipinski definition) is 0. The summed E-state index contributed by atoms with van der Waals surface area (Å²) in [7, 11) is 0. The summed E-state index contributed by atoms with van der Waals surface area (Å²) < 4.78 is 9.95. The lowest BCUT2D eigenvalue weighted by Gasteiger charge is -2.15. The molecule has 2 atom stereocenters. The van der Waals surface area contributed by atoms with Gasteiger partial charge in [-0.25, -0.2) is 0 Å². The minimum absolute atomic E-state index is 0.177. The number of cyclic esters (lactones) is 2. The van der Waals surface area contributed by atoms with Gasteiger partial charge in [0.05, 0.1) is 0 Å². The molecule has 0 spiro atoms. The van der Waals surface area contributed by atoms with Gasteiger partial charge < -0.3 is 9.47 Å². The summed E-state index contributed by atoms with van der Waals surface area (Å²) >= 11 is 0. The van der Waals surface area contributed by atoms with Crippen LogP contribution in [0, 0.1) is 0 Å². The molecule has 0 radical (unpaired) electrons. The Bertz CT molecular complexity index is 199. The average molecular weight is 170 g/mol. The Labute approximate surface area is 69.8 Å². The first-order valence-electron chi connectivity index (χ1n) is 4.14. The van der Waals surface area contributed by atoms with Gasteiger partial charge in [-0.05, 0) is 12.8 Å². The van der Waals surface area contributed by atoms with E-state index in [1.165, 1.54) is 0 Å². The normalized spacial score (nSPS) is 35.0. The van der Waals surface area contributed by atoms with Gasteiger partial charge in [0, 0.05) is 12.8 Å². The van der Waals surface area contributed by atoms with Crippen LogP contribution < -0.4 is 0 Å². The number of rotatable bonds is 1. The summed E-state index contributed by atoms with van der Waals surface area (Å²) in [6.45, 7) is 0. The second kappa shape index (κ2) is 2.77. The van der Waals surface area contributed by atoms with Gasteiger partial charge in [-0.15, -0.1) is 0 Å². The van der Waals surface area contributed by atoms with Crippen molar-refractivity contribution < 1.29 is 19.1 Å². The lowest BCUT2D eigenvalue weighted by molar-refractivity contribution is -0.153. The molecule has 2 saturated heterocycles. The monoisotopic (exact) mass is 170 g/mol. The highest BCUT2D eigenvalue weighted by molar-refractivity contribution is 5.73. The van der Waals surface area contributed by atoms with E-state index >= 15 is 0 Å². The molecular formula is C8H10O4. The lowest BCUT2D eigenvalue weighted by Crippen LogP contribution is -2.25. The molecule has 0 aliphatic carbocycles. The van der Waals surface area contributed by atoms with Gasteiger partial charge in [-0.1, -0.05) is 0 Å². The molecule has 0 aromatic heterocycles. The Morgan fingerprint density at radius 2 is 1.33 bits per heavy atom. The molecule has 0 saturated carbocycles. The summed E-state index contributed by atoms with van der Waals surface area (Å²) in [5.41, 5.74) is 0. The number of hydrogen-bond acceptors (Lipinski definition) is 4. The fourth-order valence-electron chi connectivity index (χ4n) is 1.62. The van der Waals surface area contributed by atoms with Crippen LogP contribution in [0.1, 0.15) is 25.7 Å². The summed E-state index contributed by atoms with van der Waals surface area (Å²) in [5, 5.41) is 0. The molecule has 2 rings (SSSR count). The van der Waals surface area contributed by atoms with Gasteiger partial charge in [0.15, 0.2) is 0 Å². The predicted molar refractivity (Wildman–Crippen MR) is 38.2 cm³/mol. The number of carbonyl (C=O) groups is 2. The molecule has 0 amide bonds. The molecule has 4 nitrogen and oxygen atoms in total. The highest BCUT2D eigenvalue weighted by Crippen LogP contribution is 2.26. The largest absolute Gasteiger partial charge is 0.458 e. The quantitative estimate of drug-likeness (QED) is 0.534. The zero-order chi connectivity index (χ0) is 8.55. The van der Waals surface area contributed by atoms with E-state index in [4.69, 9.17) is 9.47 Å². The van der Waals surface area contributed by atoms with Crippen molar-refractivity contribution in [1.82, 2.24) is 0 Å². The molecule has 4 heteroatoms. The Hall–Kier alpha value is -1.06. The molecule has 0 N–H and O–H groups in total. The third-order valence-corrected chi connectivity index (χ3v) is 2.25. The topological polar surface area (TPSA) is 52.6 Å². The van der Waals surface area contributed by atoms with Gasteiger partial charge in [0.25, 0.3) is 0 Å². The van der Waals surface area contributed by atoms with Crippen molar-refractivity contribution in [3.05, 3.63) is 0 Å². The molecule has 2 fully saturated rings. The van der Waals surface area contributed by atoms with Crippen molar-refractivity contribution in [2.45, 2.75) is 37.9 Å². The van der Waals surface area contributed by atoms with Crippen LogP contribution in [0.5, 0.6) is 0 Å². The van der Waals surface area contributed by atoms with Crippen LogP contribution in [0.4, 0.5) is 0 Å². The van der Waals surface area contributed by atoms with Crippen molar-refractivity contribution in [3.8, 4) is 0 Å². The van der Waals surface area contributed by atoms with Gasteiger partial charge in [0.2, 0.25) is 0 Å². The first-order valence-corrected chi connectivity index (χ1v) is 4.14. The maximum Gasteiger partial charge on any atom is 0.306 e. The summed E-state index contributed by atoms with van der Waals surface area (Å²) in [6.07, 6.45) is 1.94. The van der Waals surface area contributed by atoms with E-state index in [0.717, 1.165) is 0 Å². The third kappa shape index (κ3) is 1.29. The number of ether oxygens (including phenoxy) is 2. The molecule has 66 valence electrons. The van der Waals surface area contributed by atoms with Crippen LogP contribution in [-0.2, 0) is 19.1 Å². The van der Waals surface area contributed by atoms with Crippen molar-refractivity contribution in [3.63, 3.8) is 0 Å². The molecule has 0 aromatic carbocycles. The van der Waals surface area contributed by atoms with E-state index in [2.05, 4.69) is 0 Å². The highest BCUT2D eigenvalue weighted by atomic mass is 16.6. The SMILES string of the molecule is O=C1CC[C@H]([C@H]2CCC(=O)O2)O1. The average Bonchev–Trinajstić information content (AvgIpc) is 2.58. The molecule has 0 aromatic rings. The first-order chi connectivity index (χ1) is 5.75. The van der Waals surface area contributed by atoms with Crippen molar-refractivity contribution >= 4 is 11.9 Å². The molecular weight excluding hydrogens is 160 g/mol. The number of esters is 2. The van der Waals surface area contributed by atoms with Crippen molar-refractivity contribution in [2.75, 3.05) is 0 Å². The zero-order valence-electron chi connectivity index (χ0n) is 6.62. The van der Waals surface area contributed by atoms with Crippen molar-refractivity contribution in [2.24, 2.45) is 0 Å².